The van der Waals surface area contributed by atoms with E-state index < -0.39 is 0 Å². The summed E-state index contributed by atoms with van der Waals surface area (Å²) in [6, 6.07) is 15.5. The van der Waals surface area contributed by atoms with E-state index in [1.165, 1.54) is 11.8 Å². The van der Waals surface area contributed by atoms with E-state index in [9.17, 15) is 4.79 Å². The van der Waals surface area contributed by atoms with Crippen LogP contribution in [0, 0.1) is 6.92 Å². The molecule has 0 saturated heterocycles. The van der Waals surface area contributed by atoms with Crippen molar-refractivity contribution in [2.45, 2.75) is 12.1 Å². The van der Waals surface area contributed by atoms with Crippen LogP contribution in [0.25, 0.3) is 22.2 Å². The fraction of sp³-hybridized carbons (Fsp3) is 0.105. The number of anilines is 1. The van der Waals surface area contributed by atoms with Gasteiger partial charge in [0.05, 0.1) is 17.6 Å². The van der Waals surface area contributed by atoms with E-state index in [-0.39, 0.29) is 11.7 Å². The lowest BCUT2D eigenvalue weighted by Crippen LogP contribution is -2.14. The summed E-state index contributed by atoms with van der Waals surface area (Å²) in [5.41, 5.74) is 1.54. The molecule has 1 N–H and O–H groups in total. The van der Waals surface area contributed by atoms with Crippen molar-refractivity contribution in [2.75, 3.05) is 11.1 Å². The quantitative estimate of drug-likeness (QED) is 0.524. The van der Waals surface area contributed by atoms with Gasteiger partial charge in [-0.1, -0.05) is 48.2 Å². The number of hydrogen-bond acceptors (Lipinski definition) is 6. The van der Waals surface area contributed by atoms with Crippen molar-refractivity contribution >= 4 is 34.1 Å². The van der Waals surface area contributed by atoms with E-state index in [1.54, 1.807) is 12.3 Å². The highest BCUT2D eigenvalue weighted by Crippen LogP contribution is 2.27. The predicted octanol–water partition coefficient (Wildman–Crippen LogP) is 4.52. The minimum Gasteiger partial charge on any atom is -0.469 e. The molecule has 0 spiro atoms. The molecule has 0 unspecified atom stereocenters. The maximum absolute atomic E-state index is 12.3. The number of aromatic nitrogens is 2. The number of nitrogens with zero attached hydrogens (tertiary/aromatic N) is 2. The first-order valence-corrected chi connectivity index (χ1v) is 8.97. The Bertz CT molecular complexity index is 1070. The van der Waals surface area contributed by atoms with E-state index >= 15 is 0 Å². The molecule has 0 saturated carbocycles. The van der Waals surface area contributed by atoms with Gasteiger partial charge < -0.3 is 14.2 Å². The van der Waals surface area contributed by atoms with Crippen LogP contribution in [0.4, 0.5) is 5.69 Å². The summed E-state index contributed by atoms with van der Waals surface area (Å²) in [5.74, 6) is 1.13. The fourth-order valence-corrected chi connectivity index (χ4v) is 3.19. The number of nitrogens with one attached hydrogen (secondary N) is 1. The average molecular weight is 365 g/mol. The summed E-state index contributed by atoms with van der Waals surface area (Å²) >= 11 is 1.19. The van der Waals surface area contributed by atoms with E-state index in [4.69, 9.17) is 8.83 Å². The monoisotopic (exact) mass is 365 g/mol. The van der Waals surface area contributed by atoms with Crippen molar-refractivity contribution in [1.82, 2.24) is 10.2 Å². The van der Waals surface area contributed by atoms with Gasteiger partial charge in [0, 0.05) is 11.1 Å². The molecule has 2 aromatic carbocycles. The van der Waals surface area contributed by atoms with Crippen LogP contribution in [0.2, 0.25) is 0 Å². The summed E-state index contributed by atoms with van der Waals surface area (Å²) in [7, 11) is 0. The number of benzene rings is 2. The lowest BCUT2D eigenvalue weighted by Gasteiger charge is -2.07. The Balaban J connectivity index is 1.41. The van der Waals surface area contributed by atoms with Crippen LogP contribution >= 0.6 is 11.8 Å². The Labute approximate surface area is 153 Å². The fourth-order valence-electron chi connectivity index (χ4n) is 2.63. The maximum atomic E-state index is 12.3. The van der Waals surface area contributed by atoms with Gasteiger partial charge in [0.2, 0.25) is 5.91 Å². The van der Waals surface area contributed by atoms with Crippen molar-refractivity contribution in [3.63, 3.8) is 0 Å². The summed E-state index contributed by atoms with van der Waals surface area (Å²) in [5, 5.41) is 13.3. The van der Waals surface area contributed by atoms with E-state index in [0.29, 0.717) is 16.9 Å². The van der Waals surface area contributed by atoms with Crippen LogP contribution in [0.3, 0.4) is 0 Å². The van der Waals surface area contributed by atoms with Crippen LogP contribution < -0.4 is 5.32 Å². The second-order valence-corrected chi connectivity index (χ2v) is 6.55. The number of rotatable bonds is 5. The van der Waals surface area contributed by atoms with Gasteiger partial charge in [-0.15, -0.1) is 10.2 Å². The Morgan fingerprint density at radius 2 is 1.96 bits per heavy atom. The molecule has 7 heteroatoms. The number of carbonyl (C=O) groups excluding carboxylic acids is 1. The molecule has 130 valence electrons. The molecular weight excluding hydrogens is 350 g/mol. The Morgan fingerprint density at radius 3 is 2.81 bits per heavy atom. The highest BCUT2D eigenvalue weighted by atomic mass is 32.2. The summed E-state index contributed by atoms with van der Waals surface area (Å²) < 4.78 is 10.8. The van der Waals surface area contributed by atoms with Crippen LogP contribution in [0.5, 0.6) is 0 Å². The molecule has 1 amide bonds. The van der Waals surface area contributed by atoms with Crippen molar-refractivity contribution in [3.05, 3.63) is 60.6 Å². The molecular formula is C19H15N3O3S. The van der Waals surface area contributed by atoms with Crippen molar-refractivity contribution < 1.29 is 13.6 Å². The van der Waals surface area contributed by atoms with Crippen molar-refractivity contribution in [1.29, 1.82) is 0 Å². The molecule has 0 atom stereocenters. The Morgan fingerprint density at radius 1 is 1.12 bits per heavy atom. The standard InChI is InChI=1S/C19H15N3O3S/c1-12-14(9-10-24-12)18-21-22-19(25-18)26-11-17(23)20-16-8-4-6-13-5-2-3-7-15(13)16/h2-10H,11H2,1H3,(H,20,23). The number of carbonyl (C=O) groups is 1. The van der Waals surface area contributed by atoms with Crippen molar-refractivity contribution in [2.24, 2.45) is 0 Å². The van der Waals surface area contributed by atoms with E-state index in [0.717, 1.165) is 22.0 Å². The molecule has 0 aliphatic rings. The second-order valence-electron chi connectivity index (χ2n) is 5.63. The first-order chi connectivity index (χ1) is 12.7. The molecule has 2 aromatic heterocycles. The topological polar surface area (TPSA) is 81.2 Å². The number of aryl methyl sites for hydroxylation is 1. The molecule has 2 heterocycles. The zero-order chi connectivity index (χ0) is 17.9. The number of hydrogen-bond donors (Lipinski definition) is 1. The molecule has 26 heavy (non-hydrogen) atoms. The van der Waals surface area contributed by atoms with E-state index in [1.807, 2.05) is 49.4 Å². The van der Waals surface area contributed by atoms with Gasteiger partial charge in [0.25, 0.3) is 11.1 Å². The molecule has 0 aliphatic carbocycles. The van der Waals surface area contributed by atoms with Gasteiger partial charge in [-0.3, -0.25) is 4.79 Å². The molecule has 6 nitrogen and oxygen atoms in total. The third-order valence-corrected chi connectivity index (χ3v) is 4.70. The number of amides is 1. The highest BCUT2D eigenvalue weighted by Gasteiger charge is 2.14. The predicted molar refractivity (Wildman–Crippen MR) is 100 cm³/mol. The molecule has 0 bridgehead atoms. The molecule has 0 fully saturated rings. The minimum absolute atomic E-state index is 0.134. The first-order valence-electron chi connectivity index (χ1n) is 7.99. The molecule has 4 rings (SSSR count). The minimum atomic E-state index is -0.134. The molecule has 4 aromatic rings. The van der Waals surface area contributed by atoms with Gasteiger partial charge in [-0.05, 0) is 24.4 Å². The van der Waals surface area contributed by atoms with E-state index in [2.05, 4.69) is 15.5 Å². The maximum Gasteiger partial charge on any atom is 0.277 e. The highest BCUT2D eigenvalue weighted by molar-refractivity contribution is 7.99. The third-order valence-electron chi connectivity index (χ3n) is 3.89. The lowest BCUT2D eigenvalue weighted by molar-refractivity contribution is -0.113. The van der Waals surface area contributed by atoms with Gasteiger partial charge in [-0.2, -0.15) is 0 Å². The van der Waals surface area contributed by atoms with Crippen LogP contribution in [0.15, 0.2) is 68.9 Å². The number of fused-ring (bicyclic) bond motifs is 1. The Hall–Kier alpha value is -3.06. The number of furan rings is 1. The lowest BCUT2D eigenvalue weighted by atomic mass is 10.1. The Kier molecular flexibility index (Phi) is 4.45. The molecule has 0 radical (unpaired) electrons. The van der Waals surface area contributed by atoms with Crippen LogP contribution in [-0.4, -0.2) is 21.9 Å². The summed E-state index contributed by atoms with van der Waals surface area (Å²) in [4.78, 5) is 12.3. The van der Waals surface area contributed by atoms with Gasteiger partial charge in [0.1, 0.15) is 5.76 Å². The normalized spacial score (nSPS) is 11.0. The summed E-state index contributed by atoms with van der Waals surface area (Å²) in [6.45, 7) is 1.82. The third kappa shape index (κ3) is 3.34. The summed E-state index contributed by atoms with van der Waals surface area (Å²) in [6.07, 6.45) is 1.57. The van der Waals surface area contributed by atoms with Crippen molar-refractivity contribution in [3.8, 4) is 11.5 Å². The second kappa shape index (κ2) is 7.05. The first kappa shape index (κ1) is 16.4. The largest absolute Gasteiger partial charge is 0.469 e. The zero-order valence-electron chi connectivity index (χ0n) is 13.9. The van der Waals surface area contributed by atoms with Crippen LogP contribution in [-0.2, 0) is 4.79 Å². The number of thioether (sulfide) groups is 1. The average Bonchev–Trinajstić information content (AvgIpc) is 3.29. The smallest absolute Gasteiger partial charge is 0.277 e. The zero-order valence-corrected chi connectivity index (χ0v) is 14.7. The SMILES string of the molecule is Cc1occc1-c1nnc(SCC(=O)Nc2cccc3ccccc23)o1. The molecule has 0 aliphatic heterocycles. The van der Waals surface area contributed by atoms with Gasteiger partial charge in [-0.25, -0.2) is 0 Å². The van der Waals surface area contributed by atoms with Gasteiger partial charge in [0.15, 0.2) is 0 Å². The van der Waals surface area contributed by atoms with Crippen LogP contribution in [0.1, 0.15) is 5.76 Å². The van der Waals surface area contributed by atoms with Gasteiger partial charge >= 0.3 is 0 Å².